The number of nitrogens with zero attached hydrogens (tertiary/aromatic N) is 1. The fraction of sp³-hybridized carbons (Fsp3) is 1.00. The van der Waals surface area contributed by atoms with Crippen LogP contribution in [0.2, 0.25) is 0 Å². The topological polar surface area (TPSA) is 61.4 Å². The number of alkyl halides is 3. The van der Waals surface area contributed by atoms with Crippen LogP contribution in [-0.2, 0) is 10.2 Å². The van der Waals surface area contributed by atoms with Crippen LogP contribution in [0.25, 0.3) is 0 Å². The molecule has 1 saturated heterocycles. The molecular weight excluding hydrogens is 247 g/mol. The van der Waals surface area contributed by atoms with E-state index < -0.39 is 22.9 Å². The van der Waals surface area contributed by atoms with Gasteiger partial charge in [0.15, 0.2) is 0 Å². The summed E-state index contributed by atoms with van der Waals surface area (Å²) in [7, 11) is -4.03. The van der Waals surface area contributed by atoms with Gasteiger partial charge in [-0.2, -0.15) is 30.6 Å². The Morgan fingerprint density at radius 3 is 2.62 bits per heavy atom. The minimum absolute atomic E-state index is 0.0591. The maximum absolute atomic E-state index is 11.9. The van der Waals surface area contributed by atoms with Crippen molar-refractivity contribution < 1.29 is 21.6 Å². The molecule has 1 fully saturated rings. The van der Waals surface area contributed by atoms with Gasteiger partial charge in [-0.25, -0.2) is 0 Å². The molecule has 1 heterocycles. The molecule has 0 unspecified atom stereocenters. The Morgan fingerprint density at radius 2 is 2.12 bits per heavy atom. The quantitative estimate of drug-likeness (QED) is 0.732. The van der Waals surface area contributed by atoms with Crippen molar-refractivity contribution in [2.45, 2.75) is 19.1 Å². The third kappa shape index (κ3) is 4.24. The highest BCUT2D eigenvalue weighted by atomic mass is 32.2. The molecule has 0 radical (unpaired) electrons. The maximum atomic E-state index is 11.9. The van der Waals surface area contributed by atoms with Crippen molar-refractivity contribution in [1.82, 2.24) is 14.3 Å². The number of rotatable bonds is 3. The van der Waals surface area contributed by atoms with Gasteiger partial charge in [0.05, 0.1) is 0 Å². The van der Waals surface area contributed by atoms with Gasteiger partial charge in [0.25, 0.3) is 10.2 Å². The fourth-order valence-electron chi connectivity index (χ4n) is 1.38. The molecule has 1 atom stereocenters. The smallest absolute Gasteiger partial charge is 0.312 e. The molecule has 0 aromatic heterocycles. The molecule has 9 heteroatoms. The van der Waals surface area contributed by atoms with Crippen molar-refractivity contribution >= 4 is 10.2 Å². The average Bonchev–Trinajstić information content (AvgIpc) is 2.14. The molecule has 2 N–H and O–H groups in total. The Kier molecular flexibility index (Phi) is 4.16. The van der Waals surface area contributed by atoms with Crippen LogP contribution in [0, 0.1) is 0 Å². The van der Waals surface area contributed by atoms with E-state index in [4.69, 9.17) is 0 Å². The monoisotopic (exact) mass is 261 g/mol. The first-order chi connectivity index (χ1) is 7.21. The van der Waals surface area contributed by atoms with E-state index in [2.05, 4.69) is 5.32 Å². The predicted octanol–water partition coefficient (Wildman–Crippen LogP) is -0.323. The first-order valence-corrected chi connectivity index (χ1v) is 6.19. The minimum atomic E-state index is -4.53. The predicted molar refractivity (Wildman–Crippen MR) is 52.0 cm³/mol. The zero-order valence-corrected chi connectivity index (χ0v) is 9.53. The van der Waals surface area contributed by atoms with Gasteiger partial charge < -0.3 is 5.32 Å². The second-order valence-corrected chi connectivity index (χ2v) is 5.41. The van der Waals surface area contributed by atoms with E-state index in [-0.39, 0.29) is 19.1 Å². The first-order valence-electron chi connectivity index (χ1n) is 4.75. The SMILES string of the molecule is C[C@@H]1CN(S(=O)(=O)NCC(F)(F)F)CCN1. The summed E-state index contributed by atoms with van der Waals surface area (Å²) in [5.74, 6) is 0. The molecule has 1 rings (SSSR count). The van der Waals surface area contributed by atoms with Gasteiger partial charge in [0.1, 0.15) is 6.54 Å². The van der Waals surface area contributed by atoms with Crippen molar-refractivity contribution in [3.05, 3.63) is 0 Å². The summed E-state index contributed by atoms with van der Waals surface area (Å²) in [5.41, 5.74) is 0. The third-order valence-electron chi connectivity index (χ3n) is 2.13. The van der Waals surface area contributed by atoms with E-state index in [1.54, 1.807) is 6.92 Å². The summed E-state index contributed by atoms with van der Waals surface area (Å²) in [6.45, 7) is 1.03. The lowest BCUT2D eigenvalue weighted by Crippen LogP contribution is -2.55. The zero-order chi connectivity index (χ0) is 12.4. The molecule has 0 saturated carbocycles. The summed E-state index contributed by atoms with van der Waals surface area (Å²) < 4.78 is 61.1. The lowest BCUT2D eigenvalue weighted by atomic mass is 10.3. The number of nitrogens with one attached hydrogen (secondary N) is 2. The largest absolute Gasteiger partial charge is 0.402 e. The Bertz CT molecular complexity index is 330. The molecule has 16 heavy (non-hydrogen) atoms. The summed E-state index contributed by atoms with van der Waals surface area (Å²) >= 11 is 0. The van der Waals surface area contributed by atoms with E-state index in [1.165, 1.54) is 4.72 Å². The average molecular weight is 261 g/mol. The van der Waals surface area contributed by atoms with E-state index in [9.17, 15) is 21.6 Å². The van der Waals surface area contributed by atoms with Gasteiger partial charge in [-0.15, -0.1) is 0 Å². The second-order valence-electron chi connectivity index (χ2n) is 3.65. The van der Waals surface area contributed by atoms with Crippen LogP contribution >= 0.6 is 0 Å². The molecule has 1 aliphatic rings. The Hall–Kier alpha value is -0.380. The van der Waals surface area contributed by atoms with Gasteiger partial charge in [-0.05, 0) is 6.92 Å². The van der Waals surface area contributed by atoms with Gasteiger partial charge in [0.2, 0.25) is 0 Å². The molecule has 0 aliphatic carbocycles. The van der Waals surface area contributed by atoms with Crippen LogP contribution in [0.4, 0.5) is 13.2 Å². The third-order valence-corrected chi connectivity index (χ3v) is 3.65. The van der Waals surface area contributed by atoms with E-state index in [1.807, 2.05) is 0 Å². The highest BCUT2D eigenvalue weighted by Gasteiger charge is 2.33. The Morgan fingerprint density at radius 1 is 1.50 bits per heavy atom. The molecule has 0 aromatic carbocycles. The number of halogens is 3. The minimum Gasteiger partial charge on any atom is -0.312 e. The van der Waals surface area contributed by atoms with E-state index in [0.29, 0.717) is 6.54 Å². The van der Waals surface area contributed by atoms with Gasteiger partial charge in [0, 0.05) is 25.7 Å². The van der Waals surface area contributed by atoms with E-state index in [0.717, 1.165) is 4.31 Å². The van der Waals surface area contributed by atoms with Crippen molar-refractivity contribution in [3.8, 4) is 0 Å². The highest BCUT2D eigenvalue weighted by Crippen LogP contribution is 2.13. The fourth-order valence-corrected chi connectivity index (χ4v) is 2.66. The number of piperazine rings is 1. The van der Waals surface area contributed by atoms with Gasteiger partial charge in [-0.3, -0.25) is 0 Å². The van der Waals surface area contributed by atoms with Crippen molar-refractivity contribution in [3.63, 3.8) is 0 Å². The van der Waals surface area contributed by atoms with Crippen molar-refractivity contribution in [1.29, 1.82) is 0 Å². The summed E-state index contributed by atoms with van der Waals surface area (Å²) in [4.78, 5) is 0. The molecule has 0 aromatic rings. The van der Waals surface area contributed by atoms with Gasteiger partial charge in [-0.1, -0.05) is 0 Å². The number of hydrogen-bond donors (Lipinski definition) is 2. The van der Waals surface area contributed by atoms with Crippen LogP contribution in [-0.4, -0.2) is 51.1 Å². The van der Waals surface area contributed by atoms with Gasteiger partial charge >= 0.3 is 6.18 Å². The van der Waals surface area contributed by atoms with Crippen molar-refractivity contribution in [2.24, 2.45) is 0 Å². The van der Waals surface area contributed by atoms with Crippen LogP contribution in [0.15, 0.2) is 0 Å². The molecular formula is C7H14F3N3O2S. The Balaban J connectivity index is 2.56. The maximum Gasteiger partial charge on any atom is 0.402 e. The summed E-state index contributed by atoms with van der Waals surface area (Å²) in [5, 5.41) is 3.00. The lowest BCUT2D eigenvalue weighted by molar-refractivity contribution is -0.121. The van der Waals surface area contributed by atoms with Crippen LogP contribution in [0.5, 0.6) is 0 Å². The molecule has 0 spiro atoms. The summed E-state index contributed by atoms with van der Waals surface area (Å²) in [6, 6.07) is -0.0591. The first kappa shape index (κ1) is 13.7. The normalized spacial score (nSPS) is 24.6. The molecule has 5 nitrogen and oxygen atoms in total. The summed E-state index contributed by atoms with van der Waals surface area (Å²) in [6.07, 6.45) is -4.53. The van der Waals surface area contributed by atoms with Crippen molar-refractivity contribution in [2.75, 3.05) is 26.2 Å². The Labute approximate surface area is 92.2 Å². The van der Waals surface area contributed by atoms with Crippen LogP contribution < -0.4 is 10.0 Å². The zero-order valence-electron chi connectivity index (χ0n) is 8.71. The number of hydrogen-bond acceptors (Lipinski definition) is 3. The molecule has 1 aliphatic heterocycles. The van der Waals surface area contributed by atoms with E-state index >= 15 is 0 Å². The standard InChI is InChI=1S/C7H14F3N3O2S/c1-6-4-13(3-2-11-6)16(14,15)12-5-7(8,9)10/h6,11-12H,2-5H2,1H3/t6-/m1/s1. The van der Waals surface area contributed by atoms with Crippen LogP contribution in [0.3, 0.4) is 0 Å². The van der Waals surface area contributed by atoms with Crippen LogP contribution in [0.1, 0.15) is 6.92 Å². The highest BCUT2D eigenvalue weighted by molar-refractivity contribution is 7.87. The molecule has 96 valence electrons. The molecule has 0 amide bonds. The second kappa shape index (κ2) is 4.86. The molecule has 0 bridgehead atoms. The lowest BCUT2D eigenvalue weighted by Gasteiger charge is -2.31.